The Labute approximate surface area is 136 Å². The summed E-state index contributed by atoms with van der Waals surface area (Å²) in [4.78, 5) is 9.17. The van der Waals surface area contributed by atoms with Crippen molar-refractivity contribution in [3.8, 4) is 11.1 Å². The van der Waals surface area contributed by atoms with Crippen molar-refractivity contribution < 1.29 is 13.6 Å². The van der Waals surface area contributed by atoms with Crippen molar-refractivity contribution in [2.75, 3.05) is 11.4 Å². The lowest BCUT2D eigenvalue weighted by Crippen LogP contribution is -2.40. The first-order chi connectivity index (χ1) is 10.4. The molecule has 5 heteroatoms. The lowest BCUT2D eigenvalue weighted by atomic mass is 10.1. The molecule has 22 heavy (non-hydrogen) atoms. The predicted octanol–water partition coefficient (Wildman–Crippen LogP) is 4.86. The summed E-state index contributed by atoms with van der Waals surface area (Å²) in [5.41, 5.74) is 2.35. The molecule has 1 amide bonds. The lowest BCUT2D eigenvalue weighted by molar-refractivity contribution is -0.131. The zero-order valence-corrected chi connectivity index (χ0v) is 13.3. The fourth-order valence-corrected chi connectivity index (χ4v) is 2.27. The van der Waals surface area contributed by atoms with Gasteiger partial charge < -0.3 is 4.90 Å². The van der Waals surface area contributed by atoms with E-state index < -0.39 is 10.7 Å². The van der Waals surface area contributed by atoms with Crippen molar-refractivity contribution in [2.45, 2.75) is 4.83 Å². The minimum atomic E-state index is -3.60. The Balaban J connectivity index is 2.30. The molecule has 0 fully saturated rings. The molecule has 0 unspecified atom stereocenters. The van der Waals surface area contributed by atoms with Crippen molar-refractivity contribution in [1.82, 2.24) is 0 Å². The summed E-state index contributed by atoms with van der Waals surface area (Å²) >= 11 is 2.10. The molecule has 0 spiro atoms. The molecular weight excluding hydrogens is 352 g/mol. The average Bonchev–Trinajstić information content (AvgIpc) is 2.52. The molecule has 0 radical (unpaired) electrons. The number of hydrogen-bond donors (Lipinski definition) is 0. The second-order valence-corrected chi connectivity index (χ2v) is 5.61. The van der Waals surface area contributed by atoms with Gasteiger partial charge in [0, 0.05) is 28.2 Å². The molecule has 2 aromatic carbocycles. The summed E-state index contributed by atoms with van der Waals surface area (Å²) in [5, 5.41) is 0. The number of carbonyl (C=O) groups excluding carboxylic acids is 1. The van der Waals surface area contributed by atoms with Gasteiger partial charge in [-0.15, -0.1) is 6.58 Å². The van der Waals surface area contributed by atoms with Gasteiger partial charge in [-0.3, -0.25) is 4.79 Å². The Hall–Kier alpha value is -2.01. The highest BCUT2D eigenvalue weighted by molar-refractivity contribution is 9.10. The van der Waals surface area contributed by atoms with Gasteiger partial charge in [0.15, 0.2) is 0 Å². The molecule has 0 atom stereocenters. The van der Waals surface area contributed by atoms with Crippen molar-refractivity contribution in [3.05, 3.63) is 67.3 Å². The number of alkyl halides is 3. The molecular formula is C17H14BrF2NO. The van der Waals surface area contributed by atoms with Gasteiger partial charge in [-0.25, -0.2) is 0 Å². The monoisotopic (exact) mass is 365 g/mol. The van der Waals surface area contributed by atoms with Gasteiger partial charge in [-0.1, -0.05) is 48.5 Å². The molecule has 0 saturated heterocycles. The Morgan fingerprint density at radius 2 is 1.64 bits per heavy atom. The average molecular weight is 366 g/mol. The fraction of sp³-hybridized carbons (Fsp3) is 0.118. The molecule has 0 bridgehead atoms. The maximum absolute atomic E-state index is 13.2. The van der Waals surface area contributed by atoms with Gasteiger partial charge in [0.25, 0.3) is 0 Å². The Kier molecular flexibility index (Phi) is 5.08. The first-order valence-corrected chi connectivity index (χ1v) is 7.38. The van der Waals surface area contributed by atoms with Gasteiger partial charge >= 0.3 is 10.7 Å². The summed E-state index contributed by atoms with van der Waals surface area (Å²) < 4.78 is 26.4. The van der Waals surface area contributed by atoms with Crippen molar-refractivity contribution in [3.63, 3.8) is 0 Å². The Morgan fingerprint density at radius 1 is 1.09 bits per heavy atom. The van der Waals surface area contributed by atoms with Crippen molar-refractivity contribution >= 4 is 27.5 Å². The smallest absolute Gasteiger partial charge is 0.303 e. The normalized spacial score (nSPS) is 11.0. The summed E-state index contributed by atoms with van der Waals surface area (Å²) in [6, 6.07) is 16.5. The van der Waals surface area contributed by atoms with Crippen LogP contribution in [0.25, 0.3) is 11.1 Å². The number of benzene rings is 2. The summed E-state index contributed by atoms with van der Waals surface area (Å²) in [6.07, 6.45) is 1.40. The second-order valence-electron chi connectivity index (χ2n) is 4.62. The lowest BCUT2D eigenvalue weighted by Gasteiger charge is -2.23. The molecule has 2 rings (SSSR count). The number of halogens is 3. The summed E-state index contributed by atoms with van der Waals surface area (Å²) in [6.45, 7) is 3.51. The quantitative estimate of drug-likeness (QED) is 0.547. The number of anilines is 1. The number of amides is 1. The molecule has 0 saturated carbocycles. The largest absolute Gasteiger partial charge is 0.378 e. The third kappa shape index (κ3) is 3.80. The van der Waals surface area contributed by atoms with Crippen LogP contribution in [0.4, 0.5) is 14.5 Å². The molecule has 0 aliphatic heterocycles. The number of rotatable bonds is 5. The van der Waals surface area contributed by atoms with E-state index in [1.165, 1.54) is 6.08 Å². The maximum atomic E-state index is 13.2. The molecule has 0 aliphatic carbocycles. The third-order valence-electron chi connectivity index (χ3n) is 3.09. The first kappa shape index (κ1) is 16.4. The predicted molar refractivity (Wildman–Crippen MR) is 88.3 cm³/mol. The van der Waals surface area contributed by atoms with Crippen LogP contribution in [0.5, 0.6) is 0 Å². The molecule has 0 N–H and O–H groups in total. The second kappa shape index (κ2) is 6.83. The van der Waals surface area contributed by atoms with Gasteiger partial charge in [-0.2, -0.15) is 8.78 Å². The number of nitrogens with zero attached hydrogens (tertiary/aromatic N) is 1. The van der Waals surface area contributed by atoms with Crippen LogP contribution in [0, 0.1) is 0 Å². The van der Waals surface area contributed by atoms with Crippen LogP contribution in [-0.4, -0.2) is 17.3 Å². The fourth-order valence-electron chi connectivity index (χ4n) is 2.05. The highest BCUT2D eigenvalue weighted by Crippen LogP contribution is 2.29. The van der Waals surface area contributed by atoms with E-state index in [1.807, 2.05) is 30.3 Å². The highest BCUT2D eigenvalue weighted by atomic mass is 79.9. The maximum Gasteiger partial charge on any atom is 0.378 e. The third-order valence-corrected chi connectivity index (χ3v) is 3.42. The van der Waals surface area contributed by atoms with E-state index in [1.54, 1.807) is 24.3 Å². The van der Waals surface area contributed by atoms with Crippen LogP contribution in [0.15, 0.2) is 67.3 Å². The number of carbonyl (C=O) groups is 1. The summed E-state index contributed by atoms with van der Waals surface area (Å²) in [5.74, 6) is -1.32. The van der Waals surface area contributed by atoms with Gasteiger partial charge in [-0.05, 0) is 23.3 Å². The van der Waals surface area contributed by atoms with Crippen LogP contribution >= 0.6 is 15.9 Å². The van der Waals surface area contributed by atoms with E-state index >= 15 is 0 Å². The minimum Gasteiger partial charge on any atom is -0.303 e. The van der Waals surface area contributed by atoms with E-state index in [9.17, 15) is 13.6 Å². The van der Waals surface area contributed by atoms with Crippen molar-refractivity contribution in [1.29, 1.82) is 0 Å². The topological polar surface area (TPSA) is 20.3 Å². The Morgan fingerprint density at radius 3 is 2.14 bits per heavy atom. The van der Waals surface area contributed by atoms with E-state index in [0.717, 1.165) is 16.0 Å². The van der Waals surface area contributed by atoms with Gasteiger partial charge in [0.1, 0.15) is 0 Å². The van der Waals surface area contributed by atoms with Gasteiger partial charge in [0.05, 0.1) is 0 Å². The SMILES string of the molecule is C=CCN(C(=O)C(F)(F)Br)c1ccc(-c2ccccc2)cc1. The van der Waals surface area contributed by atoms with Crippen LogP contribution in [-0.2, 0) is 4.79 Å². The zero-order valence-electron chi connectivity index (χ0n) is 11.7. The Bertz CT molecular complexity index is 651. The van der Waals surface area contributed by atoms with Crippen LogP contribution in [0.2, 0.25) is 0 Å². The highest BCUT2D eigenvalue weighted by Gasteiger charge is 2.39. The van der Waals surface area contributed by atoms with E-state index in [4.69, 9.17) is 0 Å². The van der Waals surface area contributed by atoms with Crippen LogP contribution in [0.1, 0.15) is 0 Å². The molecule has 0 heterocycles. The van der Waals surface area contributed by atoms with Crippen molar-refractivity contribution in [2.24, 2.45) is 0 Å². The standard InChI is InChI=1S/C17H14BrF2NO/c1-2-12-21(16(22)17(18,19)20)15-10-8-14(9-11-15)13-6-4-3-5-7-13/h2-11H,1,12H2. The molecule has 0 aliphatic rings. The first-order valence-electron chi connectivity index (χ1n) is 6.58. The minimum absolute atomic E-state index is 0.00467. The molecule has 0 aromatic heterocycles. The molecule has 114 valence electrons. The van der Waals surface area contributed by atoms with E-state index in [-0.39, 0.29) is 6.54 Å². The molecule has 2 nitrogen and oxygen atoms in total. The van der Waals surface area contributed by atoms with E-state index in [2.05, 4.69) is 22.5 Å². The van der Waals surface area contributed by atoms with Crippen LogP contribution < -0.4 is 4.90 Å². The number of hydrogen-bond acceptors (Lipinski definition) is 1. The van der Waals surface area contributed by atoms with Crippen LogP contribution in [0.3, 0.4) is 0 Å². The zero-order chi connectivity index (χ0) is 16.2. The van der Waals surface area contributed by atoms with E-state index in [0.29, 0.717) is 5.69 Å². The molecule has 2 aromatic rings. The summed E-state index contributed by atoms with van der Waals surface area (Å²) in [7, 11) is 0. The van der Waals surface area contributed by atoms with Gasteiger partial charge in [0.2, 0.25) is 0 Å².